The Morgan fingerprint density at radius 2 is 1.90 bits per heavy atom. The number of hydrogen-bond acceptors (Lipinski definition) is 2. The molecule has 0 saturated carbocycles. The Balaban J connectivity index is 2.07. The summed E-state index contributed by atoms with van der Waals surface area (Å²) < 4.78 is 0.732. The molecule has 0 aliphatic rings. The highest BCUT2D eigenvalue weighted by molar-refractivity contribution is 9.10. The van der Waals surface area contributed by atoms with Crippen molar-refractivity contribution in [2.24, 2.45) is 5.73 Å². The van der Waals surface area contributed by atoms with Gasteiger partial charge in [0.05, 0.1) is 0 Å². The lowest BCUT2D eigenvalue weighted by Crippen LogP contribution is -2.23. The lowest BCUT2D eigenvalue weighted by molar-refractivity contribution is 0.0950. The fourth-order valence-corrected chi connectivity index (χ4v) is 2.66. The van der Waals surface area contributed by atoms with Crippen molar-refractivity contribution < 1.29 is 9.59 Å². The van der Waals surface area contributed by atoms with Crippen molar-refractivity contribution in [3.63, 3.8) is 0 Å². The zero-order chi connectivity index (χ0) is 15.4. The SMILES string of the molecule is NC(=O)c1cccc(CNC(=O)c2cc(Cl)cc(Br)c2)c1. The van der Waals surface area contributed by atoms with Gasteiger partial charge in [0.25, 0.3) is 5.91 Å². The monoisotopic (exact) mass is 366 g/mol. The number of rotatable bonds is 4. The molecule has 2 aromatic rings. The molecule has 108 valence electrons. The van der Waals surface area contributed by atoms with Crippen molar-refractivity contribution >= 4 is 39.3 Å². The third-order valence-corrected chi connectivity index (χ3v) is 3.47. The van der Waals surface area contributed by atoms with Crippen LogP contribution in [-0.4, -0.2) is 11.8 Å². The average Bonchev–Trinajstić information content (AvgIpc) is 2.44. The molecular formula is C15H12BrClN2O2. The van der Waals surface area contributed by atoms with E-state index in [0.717, 1.165) is 10.0 Å². The van der Waals surface area contributed by atoms with Crippen molar-refractivity contribution in [1.29, 1.82) is 0 Å². The fraction of sp³-hybridized carbons (Fsp3) is 0.0667. The third-order valence-electron chi connectivity index (χ3n) is 2.79. The van der Waals surface area contributed by atoms with E-state index in [1.54, 1.807) is 42.5 Å². The Kier molecular flexibility index (Phi) is 4.98. The van der Waals surface area contributed by atoms with Gasteiger partial charge in [0.15, 0.2) is 0 Å². The number of benzene rings is 2. The predicted octanol–water partition coefficient (Wildman–Crippen LogP) is 3.13. The van der Waals surface area contributed by atoms with E-state index < -0.39 is 5.91 Å². The smallest absolute Gasteiger partial charge is 0.251 e. The summed E-state index contributed by atoms with van der Waals surface area (Å²) in [6.45, 7) is 0.296. The summed E-state index contributed by atoms with van der Waals surface area (Å²) in [7, 11) is 0. The second-order valence-corrected chi connectivity index (χ2v) is 5.76. The number of hydrogen-bond donors (Lipinski definition) is 2. The van der Waals surface area contributed by atoms with Gasteiger partial charge in [0.2, 0.25) is 5.91 Å². The molecule has 0 fully saturated rings. The molecular weight excluding hydrogens is 356 g/mol. The van der Waals surface area contributed by atoms with E-state index in [1.165, 1.54) is 0 Å². The summed E-state index contributed by atoms with van der Waals surface area (Å²) in [4.78, 5) is 23.2. The molecule has 0 heterocycles. The molecule has 0 bridgehead atoms. The number of primary amides is 1. The van der Waals surface area contributed by atoms with Crippen LogP contribution in [0.4, 0.5) is 0 Å². The largest absolute Gasteiger partial charge is 0.366 e. The van der Waals surface area contributed by atoms with Crippen molar-refractivity contribution in [1.82, 2.24) is 5.32 Å². The number of nitrogens with two attached hydrogens (primary N) is 1. The lowest BCUT2D eigenvalue weighted by atomic mass is 10.1. The molecule has 2 rings (SSSR count). The first-order valence-corrected chi connectivity index (χ1v) is 7.26. The Labute approximate surface area is 135 Å². The van der Waals surface area contributed by atoms with Crippen molar-refractivity contribution in [3.8, 4) is 0 Å². The van der Waals surface area contributed by atoms with Gasteiger partial charge in [-0.1, -0.05) is 39.7 Å². The Bertz CT molecular complexity index is 684. The van der Waals surface area contributed by atoms with Gasteiger partial charge in [-0.25, -0.2) is 0 Å². The van der Waals surface area contributed by atoms with Crippen LogP contribution in [-0.2, 0) is 6.54 Å². The number of carbonyl (C=O) groups excluding carboxylic acids is 2. The Hall–Kier alpha value is -1.85. The van der Waals surface area contributed by atoms with Crippen molar-refractivity contribution in [2.45, 2.75) is 6.54 Å². The molecule has 0 spiro atoms. The van der Waals surface area contributed by atoms with E-state index in [-0.39, 0.29) is 5.91 Å². The maximum absolute atomic E-state index is 12.1. The summed E-state index contributed by atoms with van der Waals surface area (Å²) in [6.07, 6.45) is 0. The number of halogens is 2. The van der Waals surface area contributed by atoms with Gasteiger partial charge >= 0.3 is 0 Å². The minimum absolute atomic E-state index is 0.248. The molecule has 0 radical (unpaired) electrons. The average molecular weight is 368 g/mol. The van der Waals surface area contributed by atoms with Crippen LogP contribution >= 0.6 is 27.5 Å². The molecule has 0 saturated heterocycles. The topological polar surface area (TPSA) is 72.2 Å². The van der Waals surface area contributed by atoms with Crippen LogP contribution in [0.3, 0.4) is 0 Å². The lowest BCUT2D eigenvalue weighted by Gasteiger charge is -2.07. The quantitative estimate of drug-likeness (QED) is 0.871. The van der Waals surface area contributed by atoms with Gasteiger partial charge in [-0.2, -0.15) is 0 Å². The zero-order valence-corrected chi connectivity index (χ0v) is 13.2. The minimum Gasteiger partial charge on any atom is -0.366 e. The molecule has 0 aromatic heterocycles. The van der Waals surface area contributed by atoms with E-state index in [9.17, 15) is 9.59 Å². The highest BCUT2D eigenvalue weighted by Gasteiger charge is 2.08. The van der Waals surface area contributed by atoms with E-state index >= 15 is 0 Å². The summed E-state index contributed by atoms with van der Waals surface area (Å²) in [5.74, 6) is -0.746. The van der Waals surface area contributed by atoms with E-state index in [0.29, 0.717) is 22.7 Å². The molecule has 2 amide bonds. The van der Waals surface area contributed by atoms with Gasteiger partial charge in [0.1, 0.15) is 0 Å². The van der Waals surface area contributed by atoms with Crippen molar-refractivity contribution in [3.05, 3.63) is 68.7 Å². The van der Waals surface area contributed by atoms with Gasteiger partial charge in [-0.05, 0) is 35.9 Å². The molecule has 4 nitrogen and oxygen atoms in total. The number of carbonyl (C=O) groups is 2. The van der Waals surface area contributed by atoms with Crippen LogP contribution in [0.5, 0.6) is 0 Å². The van der Waals surface area contributed by atoms with Gasteiger partial charge in [0, 0.05) is 27.2 Å². The van der Waals surface area contributed by atoms with Crippen LogP contribution in [0.2, 0.25) is 5.02 Å². The number of nitrogens with one attached hydrogen (secondary N) is 1. The second kappa shape index (κ2) is 6.74. The zero-order valence-electron chi connectivity index (χ0n) is 10.9. The first kappa shape index (κ1) is 15.5. The Morgan fingerprint density at radius 3 is 2.57 bits per heavy atom. The van der Waals surface area contributed by atoms with Crippen LogP contribution in [0, 0.1) is 0 Å². The molecule has 6 heteroatoms. The maximum Gasteiger partial charge on any atom is 0.251 e. The van der Waals surface area contributed by atoms with Gasteiger partial charge < -0.3 is 11.1 Å². The van der Waals surface area contributed by atoms with Crippen LogP contribution < -0.4 is 11.1 Å². The fourth-order valence-electron chi connectivity index (χ4n) is 1.80. The van der Waals surface area contributed by atoms with Gasteiger partial charge in [-0.15, -0.1) is 0 Å². The summed E-state index contributed by atoms with van der Waals surface area (Å²) >= 11 is 9.19. The Morgan fingerprint density at radius 1 is 1.14 bits per heavy atom. The standard InChI is InChI=1S/C15H12BrClN2O2/c16-12-5-11(6-13(17)7-12)15(21)19-8-9-2-1-3-10(4-9)14(18)20/h1-7H,8H2,(H2,18,20)(H,19,21). The van der Waals surface area contributed by atoms with Crippen LogP contribution in [0.1, 0.15) is 26.3 Å². The second-order valence-electron chi connectivity index (χ2n) is 4.41. The molecule has 0 aliphatic heterocycles. The van der Waals surface area contributed by atoms with E-state index in [2.05, 4.69) is 21.2 Å². The van der Waals surface area contributed by atoms with Crippen molar-refractivity contribution in [2.75, 3.05) is 0 Å². The normalized spacial score (nSPS) is 10.2. The first-order valence-electron chi connectivity index (χ1n) is 6.09. The molecule has 2 aromatic carbocycles. The minimum atomic E-state index is -0.498. The molecule has 0 unspecified atom stereocenters. The van der Waals surface area contributed by atoms with Crippen LogP contribution in [0.15, 0.2) is 46.9 Å². The summed E-state index contributed by atoms with van der Waals surface area (Å²) in [5, 5.41) is 3.24. The van der Waals surface area contributed by atoms with Crippen LogP contribution in [0.25, 0.3) is 0 Å². The first-order chi connectivity index (χ1) is 9.95. The highest BCUT2D eigenvalue weighted by atomic mass is 79.9. The third kappa shape index (κ3) is 4.31. The number of amides is 2. The summed E-state index contributed by atoms with van der Waals surface area (Å²) in [5.41, 5.74) is 6.88. The van der Waals surface area contributed by atoms with E-state index in [4.69, 9.17) is 17.3 Å². The molecule has 0 atom stereocenters. The molecule has 3 N–H and O–H groups in total. The van der Waals surface area contributed by atoms with E-state index in [1.807, 2.05) is 0 Å². The summed E-state index contributed by atoms with van der Waals surface area (Å²) in [6, 6.07) is 11.8. The van der Waals surface area contributed by atoms with Gasteiger partial charge in [-0.3, -0.25) is 9.59 Å². The molecule has 21 heavy (non-hydrogen) atoms. The highest BCUT2D eigenvalue weighted by Crippen LogP contribution is 2.19. The maximum atomic E-state index is 12.1. The molecule has 0 aliphatic carbocycles. The predicted molar refractivity (Wildman–Crippen MR) is 85.3 cm³/mol.